The fraction of sp³-hybridized carbons (Fsp3) is 0.667. The number of sulfonamides is 1. The second-order valence-corrected chi connectivity index (χ2v) is 10.4. The Morgan fingerprint density at radius 3 is 2.35 bits per heavy atom. The van der Waals surface area contributed by atoms with Crippen molar-refractivity contribution in [2.45, 2.75) is 69.6 Å². The topological polar surface area (TPSA) is 81.9 Å². The number of rotatable bonds is 3. The Morgan fingerprint density at radius 2 is 1.77 bits per heavy atom. The molecule has 2 aliphatic rings. The molecular weight excluding hydrogens is 351 g/mol. The molecule has 0 aromatic heterocycles. The molecule has 1 aromatic rings. The van der Waals surface area contributed by atoms with E-state index >= 15 is 0 Å². The standard InChI is InChI=1S/C18H29BN2O4S/c1-13-9-14(19-24-17(2,3)18(4,5)25-19)11-16(10-13)26(22,23)21-8-6-7-15(20)12-21/h9-11,15H,6-8,12,20H2,1-5H3/t15-/m0/s1. The van der Waals surface area contributed by atoms with Gasteiger partial charge in [-0.2, -0.15) is 4.31 Å². The van der Waals surface area contributed by atoms with Crippen molar-refractivity contribution in [3.05, 3.63) is 23.8 Å². The van der Waals surface area contributed by atoms with Crippen LogP contribution in [0.25, 0.3) is 0 Å². The molecule has 2 aliphatic heterocycles. The predicted molar refractivity (Wildman–Crippen MR) is 103 cm³/mol. The van der Waals surface area contributed by atoms with E-state index in [0.29, 0.717) is 13.1 Å². The van der Waals surface area contributed by atoms with Crippen molar-refractivity contribution in [2.75, 3.05) is 13.1 Å². The molecule has 1 aromatic carbocycles. The van der Waals surface area contributed by atoms with Crippen LogP contribution in [0.1, 0.15) is 46.1 Å². The van der Waals surface area contributed by atoms with Gasteiger partial charge < -0.3 is 15.0 Å². The number of aryl methyl sites for hydroxylation is 1. The maximum Gasteiger partial charge on any atom is 0.494 e. The summed E-state index contributed by atoms with van der Waals surface area (Å²) in [6.07, 6.45) is 1.65. The van der Waals surface area contributed by atoms with Crippen LogP contribution in [0, 0.1) is 6.92 Å². The molecule has 0 unspecified atom stereocenters. The highest BCUT2D eigenvalue weighted by atomic mass is 32.2. The Bertz CT molecular complexity index is 778. The molecule has 2 fully saturated rings. The van der Waals surface area contributed by atoms with Gasteiger partial charge >= 0.3 is 7.12 Å². The molecule has 0 saturated carbocycles. The first-order chi connectivity index (χ1) is 11.9. The van der Waals surface area contributed by atoms with Crippen LogP contribution in [0.5, 0.6) is 0 Å². The lowest BCUT2D eigenvalue weighted by Crippen LogP contribution is -2.46. The Hall–Kier alpha value is -0.925. The van der Waals surface area contributed by atoms with Crippen molar-refractivity contribution in [2.24, 2.45) is 5.73 Å². The zero-order chi connectivity index (χ0) is 19.3. The quantitative estimate of drug-likeness (QED) is 0.802. The molecule has 2 saturated heterocycles. The second kappa shape index (κ2) is 6.60. The Labute approximate surface area is 157 Å². The van der Waals surface area contributed by atoms with E-state index in [4.69, 9.17) is 15.0 Å². The maximum atomic E-state index is 13.1. The molecular formula is C18H29BN2O4S. The van der Waals surface area contributed by atoms with Crippen LogP contribution in [-0.2, 0) is 19.3 Å². The van der Waals surface area contributed by atoms with Crippen LogP contribution in [0.3, 0.4) is 0 Å². The smallest absolute Gasteiger partial charge is 0.399 e. The van der Waals surface area contributed by atoms with Crippen molar-refractivity contribution >= 4 is 22.6 Å². The van der Waals surface area contributed by atoms with Gasteiger partial charge in [0, 0.05) is 19.1 Å². The minimum Gasteiger partial charge on any atom is -0.399 e. The summed E-state index contributed by atoms with van der Waals surface area (Å²) in [5.41, 5.74) is 6.61. The molecule has 0 radical (unpaired) electrons. The first-order valence-electron chi connectivity index (χ1n) is 9.15. The van der Waals surface area contributed by atoms with Crippen LogP contribution in [-0.4, -0.2) is 50.2 Å². The first-order valence-corrected chi connectivity index (χ1v) is 10.6. The molecule has 6 nitrogen and oxygen atoms in total. The summed E-state index contributed by atoms with van der Waals surface area (Å²) in [6.45, 7) is 10.7. The average Bonchev–Trinajstić information content (AvgIpc) is 2.75. The third-order valence-corrected chi connectivity index (χ3v) is 7.50. The predicted octanol–water partition coefficient (Wildman–Crippen LogP) is 1.41. The fourth-order valence-electron chi connectivity index (χ4n) is 3.38. The summed E-state index contributed by atoms with van der Waals surface area (Å²) in [7, 11) is -4.17. The van der Waals surface area contributed by atoms with E-state index in [1.54, 1.807) is 12.1 Å². The molecule has 0 aliphatic carbocycles. The zero-order valence-corrected chi connectivity index (χ0v) is 17.1. The summed E-state index contributed by atoms with van der Waals surface area (Å²) in [6, 6.07) is 5.18. The zero-order valence-electron chi connectivity index (χ0n) is 16.3. The van der Waals surface area contributed by atoms with E-state index in [-0.39, 0.29) is 10.9 Å². The Morgan fingerprint density at radius 1 is 1.15 bits per heavy atom. The van der Waals surface area contributed by atoms with Crippen LogP contribution < -0.4 is 11.2 Å². The molecule has 3 rings (SSSR count). The molecule has 1 atom stereocenters. The van der Waals surface area contributed by atoms with Crippen molar-refractivity contribution in [1.29, 1.82) is 0 Å². The van der Waals surface area contributed by atoms with Gasteiger partial charge in [-0.1, -0.05) is 11.6 Å². The van der Waals surface area contributed by atoms with Gasteiger partial charge in [0.2, 0.25) is 10.0 Å². The lowest BCUT2D eigenvalue weighted by atomic mass is 9.78. The van der Waals surface area contributed by atoms with E-state index in [1.807, 2.05) is 40.7 Å². The number of piperidine rings is 1. The molecule has 2 heterocycles. The number of nitrogens with zero attached hydrogens (tertiary/aromatic N) is 1. The normalized spacial score (nSPS) is 26.2. The molecule has 0 spiro atoms. The van der Waals surface area contributed by atoms with E-state index in [1.165, 1.54) is 4.31 Å². The first kappa shape index (κ1) is 19.8. The van der Waals surface area contributed by atoms with Gasteiger partial charge in [0.15, 0.2) is 0 Å². The van der Waals surface area contributed by atoms with Gasteiger partial charge in [0.05, 0.1) is 16.1 Å². The summed E-state index contributed by atoms with van der Waals surface area (Å²) < 4.78 is 39.9. The summed E-state index contributed by atoms with van der Waals surface area (Å²) in [5, 5.41) is 0. The van der Waals surface area contributed by atoms with Gasteiger partial charge in [-0.15, -0.1) is 0 Å². The SMILES string of the molecule is Cc1cc(B2OC(C)(C)C(C)(C)O2)cc(S(=O)(=O)N2CCC[C@H](N)C2)c1. The molecule has 2 N–H and O–H groups in total. The van der Waals surface area contributed by atoms with Crippen LogP contribution in [0.15, 0.2) is 23.1 Å². The lowest BCUT2D eigenvalue weighted by molar-refractivity contribution is 0.00578. The Kier molecular flexibility index (Phi) is 5.03. The molecule has 0 amide bonds. The van der Waals surface area contributed by atoms with Crippen LogP contribution in [0.4, 0.5) is 0 Å². The number of benzene rings is 1. The van der Waals surface area contributed by atoms with Gasteiger partial charge in [-0.25, -0.2) is 8.42 Å². The highest BCUT2D eigenvalue weighted by Gasteiger charge is 2.52. The van der Waals surface area contributed by atoms with Crippen LogP contribution >= 0.6 is 0 Å². The van der Waals surface area contributed by atoms with Gasteiger partial charge in [0.1, 0.15) is 0 Å². The number of nitrogens with two attached hydrogens (primary N) is 1. The lowest BCUT2D eigenvalue weighted by Gasteiger charge is -2.32. The maximum absolute atomic E-state index is 13.1. The van der Waals surface area contributed by atoms with Gasteiger partial charge in [0.25, 0.3) is 0 Å². The van der Waals surface area contributed by atoms with Crippen molar-refractivity contribution in [1.82, 2.24) is 4.31 Å². The van der Waals surface area contributed by atoms with Crippen molar-refractivity contribution < 1.29 is 17.7 Å². The molecule has 144 valence electrons. The minimum atomic E-state index is -3.58. The molecule has 0 bridgehead atoms. The fourth-order valence-corrected chi connectivity index (χ4v) is 5.06. The van der Waals surface area contributed by atoms with Crippen molar-refractivity contribution in [3.8, 4) is 0 Å². The summed E-state index contributed by atoms with van der Waals surface area (Å²) in [4.78, 5) is 0.274. The third kappa shape index (κ3) is 3.58. The van der Waals surface area contributed by atoms with E-state index < -0.39 is 28.3 Å². The van der Waals surface area contributed by atoms with Gasteiger partial charge in [-0.3, -0.25) is 0 Å². The number of hydrogen-bond acceptors (Lipinski definition) is 5. The van der Waals surface area contributed by atoms with E-state index in [2.05, 4.69) is 0 Å². The number of hydrogen-bond donors (Lipinski definition) is 1. The largest absolute Gasteiger partial charge is 0.494 e. The highest BCUT2D eigenvalue weighted by Crippen LogP contribution is 2.36. The third-order valence-electron chi connectivity index (χ3n) is 5.66. The monoisotopic (exact) mass is 380 g/mol. The average molecular weight is 380 g/mol. The highest BCUT2D eigenvalue weighted by molar-refractivity contribution is 7.89. The van der Waals surface area contributed by atoms with Gasteiger partial charge in [-0.05, 0) is 65.1 Å². The Balaban J connectivity index is 1.94. The van der Waals surface area contributed by atoms with E-state index in [9.17, 15) is 8.42 Å². The molecule has 26 heavy (non-hydrogen) atoms. The second-order valence-electron chi connectivity index (χ2n) is 8.43. The summed E-state index contributed by atoms with van der Waals surface area (Å²) in [5.74, 6) is 0. The summed E-state index contributed by atoms with van der Waals surface area (Å²) >= 11 is 0. The minimum absolute atomic E-state index is 0.106. The van der Waals surface area contributed by atoms with Crippen LogP contribution in [0.2, 0.25) is 0 Å². The van der Waals surface area contributed by atoms with Crippen molar-refractivity contribution in [3.63, 3.8) is 0 Å². The van der Waals surface area contributed by atoms with E-state index in [0.717, 1.165) is 23.9 Å². The molecule has 8 heteroatoms.